The van der Waals surface area contributed by atoms with E-state index in [1.807, 2.05) is 29.0 Å². The van der Waals surface area contributed by atoms with Gasteiger partial charge in [0.2, 0.25) is 5.91 Å². The van der Waals surface area contributed by atoms with Gasteiger partial charge in [-0.1, -0.05) is 29.5 Å². The number of anilines is 2. The summed E-state index contributed by atoms with van der Waals surface area (Å²) in [5, 5.41) is 15.5. The summed E-state index contributed by atoms with van der Waals surface area (Å²) in [4.78, 5) is 15.6. The summed E-state index contributed by atoms with van der Waals surface area (Å²) in [7, 11) is 0. The Morgan fingerprint density at radius 3 is 2.78 bits per heavy atom. The highest BCUT2D eigenvalue weighted by molar-refractivity contribution is 7.98. The summed E-state index contributed by atoms with van der Waals surface area (Å²) in [5.41, 5.74) is 8.47. The molecule has 3 N–H and O–H groups in total. The van der Waals surface area contributed by atoms with Gasteiger partial charge < -0.3 is 15.6 Å². The van der Waals surface area contributed by atoms with Crippen molar-refractivity contribution < 1.29 is 4.79 Å². The molecule has 0 aliphatic carbocycles. The Bertz CT molecular complexity index is 903. The van der Waals surface area contributed by atoms with Crippen LogP contribution in [-0.4, -0.2) is 25.7 Å². The van der Waals surface area contributed by atoms with Crippen LogP contribution in [0, 0.1) is 6.92 Å². The second kappa shape index (κ2) is 9.01. The molecule has 9 heteroatoms. The number of nitrogens with one attached hydrogen (secondary N) is 1. The lowest BCUT2D eigenvalue weighted by molar-refractivity contribution is -0.118. The van der Waals surface area contributed by atoms with Gasteiger partial charge in [0.1, 0.15) is 5.82 Å². The number of thioether (sulfide) groups is 1. The molecule has 0 spiro atoms. The van der Waals surface area contributed by atoms with E-state index in [0.717, 1.165) is 34.0 Å². The third-order valence-electron chi connectivity index (χ3n) is 3.91. The monoisotopic (exact) mass is 402 g/mol. The van der Waals surface area contributed by atoms with Gasteiger partial charge in [-0.15, -0.1) is 21.5 Å². The number of aromatic nitrogens is 4. The van der Waals surface area contributed by atoms with E-state index in [2.05, 4.69) is 39.6 Å². The summed E-state index contributed by atoms with van der Waals surface area (Å²) in [6.07, 6.45) is 0.793. The van der Waals surface area contributed by atoms with E-state index < -0.39 is 0 Å². The number of hydrogen-bond donors (Lipinski definition) is 2. The molecule has 2 heterocycles. The minimum atomic E-state index is -0.328. The molecule has 7 nitrogen and oxygen atoms in total. The molecule has 0 saturated carbocycles. The summed E-state index contributed by atoms with van der Waals surface area (Å²) in [6.45, 7) is 4.85. The topological polar surface area (TPSA) is 98.7 Å². The van der Waals surface area contributed by atoms with Crippen LogP contribution in [0.5, 0.6) is 0 Å². The quantitative estimate of drug-likeness (QED) is 0.531. The lowest BCUT2D eigenvalue weighted by Crippen LogP contribution is -2.13. The molecule has 0 fully saturated rings. The Labute approximate surface area is 166 Å². The summed E-state index contributed by atoms with van der Waals surface area (Å²) >= 11 is 3.17. The van der Waals surface area contributed by atoms with Crippen LogP contribution in [0.1, 0.15) is 30.4 Å². The maximum Gasteiger partial charge on any atom is 0.217 e. The van der Waals surface area contributed by atoms with E-state index in [1.165, 1.54) is 5.56 Å². The van der Waals surface area contributed by atoms with Gasteiger partial charge in [-0.05, 0) is 26.0 Å². The average molecular weight is 403 g/mol. The van der Waals surface area contributed by atoms with Crippen molar-refractivity contribution in [3.05, 3.63) is 46.7 Å². The third-order valence-corrected chi connectivity index (χ3v) is 5.72. The lowest BCUT2D eigenvalue weighted by Gasteiger charge is -2.06. The Hall–Kier alpha value is -2.39. The van der Waals surface area contributed by atoms with E-state index in [4.69, 9.17) is 5.73 Å². The fraction of sp³-hybridized carbons (Fsp3) is 0.333. The largest absolute Gasteiger partial charge is 0.370 e. The van der Waals surface area contributed by atoms with Gasteiger partial charge in [0.25, 0.3) is 0 Å². The number of aryl methyl sites for hydroxylation is 2. The first-order valence-electron chi connectivity index (χ1n) is 8.66. The molecule has 0 unspecified atom stereocenters. The van der Waals surface area contributed by atoms with Gasteiger partial charge in [-0.3, -0.25) is 4.79 Å². The number of thiazole rings is 1. The van der Waals surface area contributed by atoms with E-state index >= 15 is 0 Å². The van der Waals surface area contributed by atoms with Crippen LogP contribution in [0.3, 0.4) is 0 Å². The van der Waals surface area contributed by atoms with E-state index in [0.29, 0.717) is 12.2 Å². The highest BCUT2D eigenvalue weighted by Gasteiger charge is 2.13. The van der Waals surface area contributed by atoms with E-state index in [1.54, 1.807) is 23.1 Å². The molecule has 0 bridgehead atoms. The summed E-state index contributed by atoms with van der Waals surface area (Å²) in [5.74, 6) is 1.17. The van der Waals surface area contributed by atoms with Crippen LogP contribution in [0.15, 0.2) is 34.8 Å². The standard InChI is InChI=1S/C18H22N6OS2/c1-3-24-16(9-8-15(19)25)22-23-18(24)27-11-14-10-26-17(21-14)20-13-6-4-12(2)5-7-13/h4-7,10H,3,8-9,11H2,1-2H3,(H2,19,25)(H,20,21). The maximum absolute atomic E-state index is 11.0. The highest BCUT2D eigenvalue weighted by atomic mass is 32.2. The number of amides is 1. The summed E-state index contributed by atoms with van der Waals surface area (Å²) in [6, 6.07) is 8.23. The zero-order chi connectivity index (χ0) is 19.2. The first kappa shape index (κ1) is 19.4. The minimum Gasteiger partial charge on any atom is -0.370 e. The zero-order valence-corrected chi connectivity index (χ0v) is 16.9. The number of nitrogens with zero attached hydrogens (tertiary/aromatic N) is 4. The predicted molar refractivity (Wildman–Crippen MR) is 109 cm³/mol. The molecule has 3 aromatic rings. The molecule has 1 aromatic carbocycles. The molecule has 0 aliphatic heterocycles. The molecule has 3 rings (SSSR count). The van der Waals surface area contributed by atoms with Gasteiger partial charge >= 0.3 is 0 Å². The van der Waals surface area contributed by atoms with Crippen molar-refractivity contribution in [1.29, 1.82) is 0 Å². The Morgan fingerprint density at radius 1 is 1.30 bits per heavy atom. The van der Waals surface area contributed by atoms with Crippen molar-refractivity contribution in [3.8, 4) is 0 Å². The maximum atomic E-state index is 11.0. The van der Waals surface area contributed by atoms with E-state index in [9.17, 15) is 4.79 Å². The Balaban J connectivity index is 1.59. The number of carbonyl (C=O) groups is 1. The van der Waals surface area contributed by atoms with Crippen molar-refractivity contribution in [2.75, 3.05) is 5.32 Å². The second-order valence-corrected chi connectivity index (χ2v) is 7.83. The molecule has 0 saturated heterocycles. The second-order valence-electron chi connectivity index (χ2n) is 6.03. The van der Waals surface area contributed by atoms with Crippen LogP contribution in [-0.2, 0) is 23.5 Å². The van der Waals surface area contributed by atoms with Crippen molar-refractivity contribution in [2.45, 2.75) is 44.1 Å². The highest BCUT2D eigenvalue weighted by Crippen LogP contribution is 2.26. The molecule has 1 amide bonds. The smallest absolute Gasteiger partial charge is 0.217 e. The number of carbonyl (C=O) groups excluding carboxylic acids is 1. The fourth-order valence-corrected chi connectivity index (χ4v) is 4.24. The summed E-state index contributed by atoms with van der Waals surface area (Å²) < 4.78 is 2.02. The first-order valence-corrected chi connectivity index (χ1v) is 10.5. The molecule has 0 atom stereocenters. The molecular weight excluding hydrogens is 380 g/mol. The van der Waals surface area contributed by atoms with Crippen LogP contribution in [0.25, 0.3) is 0 Å². The van der Waals surface area contributed by atoms with Crippen molar-refractivity contribution in [1.82, 2.24) is 19.7 Å². The van der Waals surface area contributed by atoms with Gasteiger partial charge in [-0.2, -0.15) is 0 Å². The first-order chi connectivity index (χ1) is 13.0. The van der Waals surface area contributed by atoms with Crippen molar-refractivity contribution in [3.63, 3.8) is 0 Å². The number of hydrogen-bond acceptors (Lipinski definition) is 7. The lowest BCUT2D eigenvalue weighted by atomic mass is 10.2. The normalized spacial score (nSPS) is 10.9. The number of primary amides is 1. The van der Waals surface area contributed by atoms with Gasteiger partial charge in [0.15, 0.2) is 10.3 Å². The molecular formula is C18H22N6OS2. The van der Waals surface area contributed by atoms with Crippen LogP contribution in [0.4, 0.5) is 10.8 Å². The van der Waals surface area contributed by atoms with Gasteiger partial charge in [0.05, 0.1) is 5.69 Å². The van der Waals surface area contributed by atoms with Crippen LogP contribution in [0.2, 0.25) is 0 Å². The number of benzene rings is 1. The van der Waals surface area contributed by atoms with E-state index in [-0.39, 0.29) is 12.3 Å². The van der Waals surface area contributed by atoms with Gasteiger partial charge in [-0.25, -0.2) is 4.98 Å². The zero-order valence-electron chi connectivity index (χ0n) is 15.3. The average Bonchev–Trinajstić information content (AvgIpc) is 3.26. The SMILES string of the molecule is CCn1c(CCC(N)=O)nnc1SCc1csc(Nc2ccc(C)cc2)n1. The van der Waals surface area contributed by atoms with Crippen LogP contribution < -0.4 is 11.1 Å². The molecule has 0 radical (unpaired) electrons. The fourth-order valence-electron chi connectivity index (χ4n) is 2.49. The molecule has 142 valence electrons. The Morgan fingerprint density at radius 2 is 2.07 bits per heavy atom. The third kappa shape index (κ3) is 5.30. The Kier molecular flexibility index (Phi) is 6.46. The number of rotatable bonds is 9. The molecule has 27 heavy (non-hydrogen) atoms. The molecule has 2 aromatic heterocycles. The predicted octanol–water partition coefficient (Wildman–Crippen LogP) is 3.52. The molecule has 0 aliphatic rings. The van der Waals surface area contributed by atoms with Gasteiger partial charge in [0, 0.05) is 36.2 Å². The minimum absolute atomic E-state index is 0.281. The van der Waals surface area contributed by atoms with Crippen molar-refractivity contribution >= 4 is 39.8 Å². The number of nitrogens with two attached hydrogens (primary N) is 1. The van der Waals surface area contributed by atoms with Crippen molar-refractivity contribution in [2.24, 2.45) is 5.73 Å². The van der Waals surface area contributed by atoms with Crippen LogP contribution >= 0.6 is 23.1 Å².